The van der Waals surface area contributed by atoms with Gasteiger partial charge >= 0.3 is 0 Å². The van der Waals surface area contributed by atoms with E-state index >= 15 is 0 Å². The molecule has 1 atom stereocenters. The zero-order valence-corrected chi connectivity index (χ0v) is 7.16. The minimum Gasteiger partial charge on any atom is -0.372 e. The lowest BCUT2D eigenvalue weighted by Crippen LogP contribution is -2.53. The van der Waals surface area contributed by atoms with Crippen LogP contribution in [0.25, 0.3) is 0 Å². The molecular weight excluding hydrogens is 166 g/mol. The molecule has 13 heavy (non-hydrogen) atoms. The van der Waals surface area contributed by atoms with E-state index in [0.29, 0.717) is 5.56 Å². The molecule has 68 valence electrons. The number of benzene rings is 1. The quantitative estimate of drug-likeness (QED) is 0.652. The molecule has 1 aromatic carbocycles. The predicted octanol–water partition coefficient (Wildman–Crippen LogP) is 0.638. The number of carbonyl (C=O) groups excluding carboxylic acids is 1. The average molecular weight is 177 g/mol. The van der Waals surface area contributed by atoms with Crippen molar-refractivity contribution in [1.82, 2.24) is 5.32 Å². The number of nitrogens with one attached hydrogen (secondary N) is 1. The molecule has 1 fully saturated rings. The highest BCUT2D eigenvalue weighted by Crippen LogP contribution is 2.27. The van der Waals surface area contributed by atoms with Gasteiger partial charge in [-0.25, -0.2) is 0 Å². The second kappa shape index (κ2) is 2.94. The lowest BCUT2D eigenvalue weighted by atomic mass is 9.93. The molecule has 0 bridgehead atoms. The van der Waals surface area contributed by atoms with Crippen molar-refractivity contribution in [2.24, 2.45) is 0 Å². The van der Waals surface area contributed by atoms with Crippen LogP contribution < -0.4 is 5.32 Å². The van der Waals surface area contributed by atoms with Gasteiger partial charge in [0.2, 0.25) is 0 Å². The number of carbonyl (C=O) groups is 1. The van der Waals surface area contributed by atoms with E-state index in [-0.39, 0.29) is 0 Å². The van der Waals surface area contributed by atoms with Crippen LogP contribution in [-0.4, -0.2) is 17.9 Å². The molecule has 1 aromatic rings. The van der Waals surface area contributed by atoms with E-state index in [1.165, 1.54) is 0 Å². The summed E-state index contributed by atoms with van der Waals surface area (Å²) in [5.74, 6) is 0. The van der Waals surface area contributed by atoms with Crippen molar-refractivity contribution in [2.45, 2.75) is 12.1 Å². The van der Waals surface area contributed by atoms with Gasteiger partial charge < -0.3 is 5.11 Å². The van der Waals surface area contributed by atoms with Crippen molar-refractivity contribution in [3.63, 3.8) is 0 Å². The molecule has 1 heterocycles. The molecule has 1 saturated heterocycles. The summed E-state index contributed by atoms with van der Waals surface area (Å²) in [4.78, 5) is 10.4. The number of aldehydes is 1. The SMILES string of the molecule is O=Cc1ccc([C@@]2(O)CCN2)cc1. The molecule has 0 radical (unpaired) electrons. The van der Waals surface area contributed by atoms with E-state index in [1.54, 1.807) is 24.3 Å². The highest BCUT2D eigenvalue weighted by molar-refractivity contribution is 5.74. The maximum atomic E-state index is 10.4. The third kappa shape index (κ3) is 1.36. The first-order valence-electron chi connectivity index (χ1n) is 4.28. The fourth-order valence-electron chi connectivity index (χ4n) is 1.45. The second-order valence-corrected chi connectivity index (χ2v) is 3.28. The first kappa shape index (κ1) is 8.41. The van der Waals surface area contributed by atoms with Crippen LogP contribution in [0.15, 0.2) is 24.3 Å². The van der Waals surface area contributed by atoms with Gasteiger partial charge in [0.1, 0.15) is 12.0 Å². The Morgan fingerprint density at radius 2 is 2.00 bits per heavy atom. The standard InChI is InChI=1S/C10H11NO2/c12-7-8-1-3-9(4-2-8)10(13)5-6-11-10/h1-4,7,11,13H,5-6H2/t10-/m0/s1. The largest absolute Gasteiger partial charge is 0.372 e. The van der Waals surface area contributed by atoms with Crippen molar-refractivity contribution >= 4 is 6.29 Å². The summed E-state index contributed by atoms with van der Waals surface area (Å²) >= 11 is 0. The van der Waals surface area contributed by atoms with Crippen LogP contribution in [0.1, 0.15) is 22.3 Å². The average Bonchev–Trinajstić information content (AvgIpc) is 2.14. The minimum absolute atomic E-state index is 0.631. The van der Waals surface area contributed by atoms with Crippen LogP contribution in [-0.2, 0) is 5.72 Å². The molecule has 0 spiro atoms. The number of hydrogen-bond acceptors (Lipinski definition) is 3. The Morgan fingerprint density at radius 1 is 1.38 bits per heavy atom. The summed E-state index contributed by atoms with van der Waals surface area (Å²) in [5.41, 5.74) is 0.595. The Hall–Kier alpha value is -1.19. The predicted molar refractivity (Wildman–Crippen MR) is 48.3 cm³/mol. The summed E-state index contributed by atoms with van der Waals surface area (Å²) in [6.07, 6.45) is 1.52. The van der Waals surface area contributed by atoms with Crippen LogP contribution in [0.4, 0.5) is 0 Å². The van der Waals surface area contributed by atoms with Gasteiger partial charge in [0.15, 0.2) is 0 Å². The molecule has 1 aliphatic heterocycles. The molecular formula is C10H11NO2. The van der Waals surface area contributed by atoms with Crippen LogP contribution in [0.5, 0.6) is 0 Å². The first-order chi connectivity index (χ1) is 6.24. The van der Waals surface area contributed by atoms with Gasteiger partial charge in [-0.2, -0.15) is 0 Å². The van der Waals surface area contributed by atoms with Crippen molar-refractivity contribution in [3.8, 4) is 0 Å². The number of hydrogen-bond donors (Lipinski definition) is 2. The zero-order chi connectivity index (χ0) is 9.31. The highest BCUT2D eigenvalue weighted by atomic mass is 16.3. The summed E-state index contributed by atoms with van der Waals surface area (Å²) in [6.45, 7) is 0.839. The normalized spacial score (nSPS) is 26.5. The van der Waals surface area contributed by atoms with Crippen molar-refractivity contribution in [3.05, 3.63) is 35.4 Å². The van der Waals surface area contributed by atoms with Crippen LogP contribution in [0, 0.1) is 0 Å². The molecule has 0 aliphatic carbocycles. The van der Waals surface area contributed by atoms with Crippen LogP contribution in [0.3, 0.4) is 0 Å². The van der Waals surface area contributed by atoms with E-state index < -0.39 is 5.72 Å². The summed E-state index contributed by atoms with van der Waals surface area (Å²) < 4.78 is 0. The zero-order valence-electron chi connectivity index (χ0n) is 7.16. The van der Waals surface area contributed by atoms with Gasteiger partial charge in [-0.15, -0.1) is 0 Å². The third-order valence-corrected chi connectivity index (χ3v) is 2.43. The number of aliphatic hydroxyl groups is 1. The molecule has 0 unspecified atom stereocenters. The van der Waals surface area contributed by atoms with Crippen LogP contribution in [0.2, 0.25) is 0 Å². The molecule has 2 rings (SSSR count). The molecule has 1 aliphatic rings. The molecule has 3 heteroatoms. The molecule has 0 aromatic heterocycles. The van der Waals surface area contributed by atoms with E-state index in [2.05, 4.69) is 5.32 Å². The lowest BCUT2D eigenvalue weighted by molar-refractivity contribution is -0.0607. The Morgan fingerprint density at radius 3 is 2.38 bits per heavy atom. The smallest absolute Gasteiger partial charge is 0.150 e. The van der Waals surface area contributed by atoms with Gasteiger partial charge in [-0.1, -0.05) is 24.3 Å². The maximum absolute atomic E-state index is 10.4. The van der Waals surface area contributed by atoms with E-state index in [0.717, 1.165) is 24.8 Å². The topological polar surface area (TPSA) is 49.3 Å². The summed E-state index contributed by atoms with van der Waals surface area (Å²) in [5, 5.41) is 12.8. The maximum Gasteiger partial charge on any atom is 0.150 e. The first-order valence-corrected chi connectivity index (χ1v) is 4.28. The van der Waals surface area contributed by atoms with Gasteiger partial charge in [-0.3, -0.25) is 10.1 Å². The van der Waals surface area contributed by atoms with Gasteiger partial charge in [0.05, 0.1) is 0 Å². The van der Waals surface area contributed by atoms with E-state index in [9.17, 15) is 9.90 Å². The minimum atomic E-state index is -0.860. The van der Waals surface area contributed by atoms with Gasteiger partial charge in [0, 0.05) is 18.5 Å². The van der Waals surface area contributed by atoms with Gasteiger partial charge in [0.25, 0.3) is 0 Å². The fourth-order valence-corrected chi connectivity index (χ4v) is 1.45. The summed E-state index contributed by atoms with van der Waals surface area (Å²) in [6, 6.07) is 6.96. The number of rotatable bonds is 2. The molecule has 2 N–H and O–H groups in total. The van der Waals surface area contributed by atoms with Crippen molar-refractivity contribution in [1.29, 1.82) is 0 Å². The molecule has 3 nitrogen and oxygen atoms in total. The third-order valence-electron chi connectivity index (χ3n) is 2.43. The lowest BCUT2D eigenvalue weighted by Gasteiger charge is -2.38. The van der Waals surface area contributed by atoms with Crippen molar-refractivity contribution in [2.75, 3.05) is 6.54 Å². The fraction of sp³-hybridized carbons (Fsp3) is 0.300. The van der Waals surface area contributed by atoms with E-state index in [4.69, 9.17) is 0 Å². The van der Waals surface area contributed by atoms with Crippen LogP contribution >= 0.6 is 0 Å². The Kier molecular flexibility index (Phi) is 1.90. The monoisotopic (exact) mass is 177 g/mol. The molecule has 0 saturated carbocycles. The second-order valence-electron chi connectivity index (χ2n) is 3.28. The Bertz CT molecular complexity index is 314. The molecule has 0 amide bonds. The Labute approximate surface area is 76.4 Å². The highest BCUT2D eigenvalue weighted by Gasteiger charge is 2.35. The van der Waals surface area contributed by atoms with E-state index in [1.807, 2.05) is 0 Å². The van der Waals surface area contributed by atoms with Gasteiger partial charge in [-0.05, 0) is 5.56 Å². The van der Waals surface area contributed by atoms with Crippen molar-refractivity contribution < 1.29 is 9.90 Å². The Balaban J connectivity index is 2.27. The summed E-state index contributed by atoms with van der Waals surface area (Å²) in [7, 11) is 0.